The Labute approximate surface area is 189 Å². The van der Waals surface area contributed by atoms with E-state index in [9.17, 15) is 14.4 Å². The summed E-state index contributed by atoms with van der Waals surface area (Å²) in [7, 11) is 0. The van der Waals surface area contributed by atoms with Crippen LogP contribution in [0.5, 0.6) is 0 Å². The van der Waals surface area contributed by atoms with E-state index >= 15 is 0 Å². The Morgan fingerprint density at radius 1 is 1.22 bits per heavy atom. The van der Waals surface area contributed by atoms with Crippen molar-refractivity contribution in [3.63, 3.8) is 0 Å². The summed E-state index contributed by atoms with van der Waals surface area (Å²) in [5.41, 5.74) is 1.61. The molecule has 0 saturated heterocycles. The van der Waals surface area contributed by atoms with Gasteiger partial charge in [0.1, 0.15) is 17.7 Å². The fraction of sp³-hybridized carbons (Fsp3) is 0.526. The third kappa shape index (κ3) is 6.36. The van der Waals surface area contributed by atoms with Crippen molar-refractivity contribution in [2.75, 3.05) is 5.32 Å². The Hall–Kier alpha value is -3.28. The van der Waals surface area contributed by atoms with Gasteiger partial charge in [0.05, 0.1) is 17.1 Å². The van der Waals surface area contributed by atoms with Gasteiger partial charge in [-0.2, -0.15) is 0 Å². The van der Waals surface area contributed by atoms with Crippen LogP contribution >= 0.6 is 11.6 Å². The molecule has 32 heavy (non-hydrogen) atoms. The highest BCUT2D eigenvalue weighted by Gasteiger charge is 2.35. The van der Waals surface area contributed by atoms with Crippen LogP contribution in [0, 0.1) is 0 Å². The fourth-order valence-corrected chi connectivity index (χ4v) is 3.44. The Balaban J connectivity index is 1.73. The smallest absolute Gasteiger partial charge is 0.429 e. The molecule has 1 aliphatic carbocycles. The molecule has 1 saturated carbocycles. The van der Waals surface area contributed by atoms with Crippen LogP contribution in [0.25, 0.3) is 0 Å². The van der Waals surface area contributed by atoms with Gasteiger partial charge < -0.3 is 10.1 Å². The van der Waals surface area contributed by atoms with Gasteiger partial charge in [-0.25, -0.2) is 19.5 Å². The molecule has 1 unspecified atom stereocenters. The Morgan fingerprint density at radius 3 is 2.62 bits per heavy atom. The summed E-state index contributed by atoms with van der Waals surface area (Å²) in [5.74, 6) is -1.87. The van der Waals surface area contributed by atoms with E-state index in [0.717, 1.165) is 17.9 Å². The standard InChI is InChI=1S/C19H25ClN8O4/c1-19(2,3)32-18(31)28(14-6-4-5-13(9-14)27-11-22-25-26-27)24-17(30)16(29)23-15-8-7-12(20)10-21-15/h7-8,10-11,13-14H,4-6,9H2,1-3H3,(H,24,30)(H,21,23,29)/t13-,14?/m0/s1. The molecule has 2 aromatic heterocycles. The predicted molar refractivity (Wildman–Crippen MR) is 113 cm³/mol. The predicted octanol–water partition coefficient (Wildman–Crippen LogP) is 2.11. The lowest BCUT2D eigenvalue weighted by Gasteiger charge is -2.37. The van der Waals surface area contributed by atoms with E-state index in [1.165, 1.54) is 24.7 Å². The van der Waals surface area contributed by atoms with E-state index in [2.05, 4.69) is 31.3 Å². The van der Waals surface area contributed by atoms with Crippen molar-refractivity contribution in [2.24, 2.45) is 0 Å². The van der Waals surface area contributed by atoms with Gasteiger partial charge in [-0.15, -0.1) is 5.10 Å². The molecule has 3 rings (SSSR count). The molecule has 2 atom stereocenters. The summed E-state index contributed by atoms with van der Waals surface area (Å²) < 4.78 is 7.08. The minimum Gasteiger partial charge on any atom is -0.442 e. The molecule has 2 N–H and O–H groups in total. The minimum atomic E-state index is -1.03. The lowest BCUT2D eigenvalue weighted by atomic mass is 9.91. The second kappa shape index (κ2) is 9.90. The summed E-state index contributed by atoms with van der Waals surface area (Å²) in [4.78, 5) is 41.8. The Morgan fingerprint density at radius 2 is 2.00 bits per heavy atom. The number of carbonyl (C=O) groups is 3. The molecular formula is C19H25ClN8O4. The van der Waals surface area contributed by atoms with Gasteiger partial charge in [0.25, 0.3) is 0 Å². The van der Waals surface area contributed by atoms with E-state index < -0.39 is 29.6 Å². The lowest BCUT2D eigenvalue weighted by Crippen LogP contribution is -2.56. The van der Waals surface area contributed by atoms with Gasteiger partial charge in [0.2, 0.25) is 0 Å². The van der Waals surface area contributed by atoms with E-state index in [1.54, 1.807) is 25.5 Å². The van der Waals surface area contributed by atoms with Crippen LogP contribution in [0.15, 0.2) is 24.7 Å². The molecule has 0 spiro atoms. The SMILES string of the molecule is CC(C)(C)OC(=O)N(NC(=O)C(=O)Nc1ccc(Cl)cn1)C1CCC[C@H](n2cnnn2)C1. The lowest BCUT2D eigenvalue weighted by molar-refractivity contribution is -0.140. The molecule has 2 aromatic rings. The highest BCUT2D eigenvalue weighted by Crippen LogP contribution is 2.30. The van der Waals surface area contributed by atoms with E-state index in [1.807, 2.05) is 0 Å². The normalized spacial score (nSPS) is 18.5. The van der Waals surface area contributed by atoms with Crippen molar-refractivity contribution in [3.05, 3.63) is 29.7 Å². The fourth-order valence-electron chi connectivity index (χ4n) is 3.33. The van der Waals surface area contributed by atoms with Crippen LogP contribution in [-0.2, 0) is 14.3 Å². The first-order valence-electron chi connectivity index (χ1n) is 10.1. The number of halogens is 1. The van der Waals surface area contributed by atoms with E-state index in [0.29, 0.717) is 17.9 Å². The molecule has 1 aliphatic rings. The summed E-state index contributed by atoms with van der Waals surface area (Å²) in [5, 5.41) is 15.1. The monoisotopic (exact) mass is 464 g/mol. The number of nitrogens with zero attached hydrogens (tertiary/aromatic N) is 6. The van der Waals surface area contributed by atoms with Crippen molar-refractivity contribution < 1.29 is 19.1 Å². The van der Waals surface area contributed by atoms with Gasteiger partial charge >= 0.3 is 17.9 Å². The first kappa shape index (κ1) is 23.4. The van der Waals surface area contributed by atoms with Crippen molar-refractivity contribution in [1.82, 2.24) is 35.6 Å². The van der Waals surface area contributed by atoms with Gasteiger partial charge in [-0.1, -0.05) is 11.6 Å². The number of hydrogen-bond donors (Lipinski definition) is 2. The molecule has 1 fully saturated rings. The number of rotatable bonds is 3. The number of tetrazole rings is 1. The first-order valence-corrected chi connectivity index (χ1v) is 10.5. The molecular weight excluding hydrogens is 440 g/mol. The molecule has 0 aromatic carbocycles. The molecule has 2 heterocycles. The van der Waals surface area contributed by atoms with Crippen LogP contribution in [-0.4, -0.2) is 59.8 Å². The Kier molecular flexibility index (Phi) is 7.23. The summed E-state index contributed by atoms with van der Waals surface area (Å²) >= 11 is 5.78. The molecule has 13 heteroatoms. The second-order valence-corrected chi connectivity index (χ2v) is 8.81. The summed E-state index contributed by atoms with van der Waals surface area (Å²) in [6, 6.07) is 2.50. The van der Waals surface area contributed by atoms with E-state index in [4.69, 9.17) is 16.3 Å². The van der Waals surface area contributed by atoms with Crippen molar-refractivity contribution in [3.8, 4) is 0 Å². The van der Waals surface area contributed by atoms with Crippen LogP contribution in [0.2, 0.25) is 5.02 Å². The largest absolute Gasteiger partial charge is 0.442 e. The van der Waals surface area contributed by atoms with Crippen molar-refractivity contribution >= 4 is 35.3 Å². The summed E-state index contributed by atoms with van der Waals surface area (Å²) in [6.07, 6.45) is 4.76. The second-order valence-electron chi connectivity index (χ2n) is 8.37. The maximum absolute atomic E-state index is 12.9. The zero-order valence-corrected chi connectivity index (χ0v) is 18.7. The topological polar surface area (TPSA) is 144 Å². The highest BCUT2D eigenvalue weighted by atomic mass is 35.5. The third-order valence-corrected chi connectivity index (χ3v) is 4.93. The number of nitrogens with one attached hydrogen (secondary N) is 2. The van der Waals surface area contributed by atoms with Gasteiger partial charge in [-0.05, 0) is 69.0 Å². The minimum absolute atomic E-state index is 0.0577. The number of carbonyl (C=O) groups excluding carboxylic acids is 3. The van der Waals surface area contributed by atoms with Crippen molar-refractivity contribution in [1.29, 1.82) is 0 Å². The zero-order valence-electron chi connectivity index (χ0n) is 18.0. The molecule has 0 bridgehead atoms. The number of aromatic nitrogens is 5. The highest BCUT2D eigenvalue weighted by molar-refractivity contribution is 6.39. The molecule has 0 aliphatic heterocycles. The molecule has 12 nitrogen and oxygen atoms in total. The number of hydrazine groups is 1. The third-order valence-electron chi connectivity index (χ3n) is 4.71. The average molecular weight is 465 g/mol. The van der Waals surface area contributed by atoms with Gasteiger partial charge in [0.15, 0.2) is 0 Å². The number of pyridine rings is 1. The number of ether oxygens (including phenoxy) is 1. The summed E-state index contributed by atoms with van der Waals surface area (Å²) in [6.45, 7) is 5.15. The van der Waals surface area contributed by atoms with Crippen LogP contribution < -0.4 is 10.7 Å². The molecule has 172 valence electrons. The molecule has 0 radical (unpaired) electrons. The maximum atomic E-state index is 12.9. The average Bonchev–Trinajstić information content (AvgIpc) is 3.27. The van der Waals surface area contributed by atoms with Crippen molar-refractivity contribution in [2.45, 2.75) is 64.1 Å². The van der Waals surface area contributed by atoms with E-state index in [-0.39, 0.29) is 11.9 Å². The Bertz CT molecular complexity index is 945. The maximum Gasteiger partial charge on any atom is 0.429 e. The van der Waals surface area contributed by atoms with Crippen LogP contribution in [0.3, 0.4) is 0 Å². The number of amides is 3. The molecule has 3 amide bonds. The first-order chi connectivity index (χ1) is 15.1. The van der Waals surface area contributed by atoms with Crippen LogP contribution in [0.4, 0.5) is 10.6 Å². The number of hydrogen-bond acceptors (Lipinski definition) is 8. The van der Waals surface area contributed by atoms with Gasteiger partial charge in [-0.3, -0.25) is 15.0 Å². The zero-order chi connectivity index (χ0) is 23.3. The number of anilines is 1. The van der Waals surface area contributed by atoms with Gasteiger partial charge in [0, 0.05) is 6.20 Å². The quantitative estimate of drug-likeness (QED) is 0.519. The van der Waals surface area contributed by atoms with Crippen LogP contribution in [0.1, 0.15) is 52.5 Å².